The number of methoxy groups -OCH3 is 2. The van der Waals surface area contributed by atoms with Crippen molar-refractivity contribution in [1.29, 1.82) is 0 Å². The SMILES string of the molecule is COc1ccc2c(c1)OCC=C2C(=O)Nc1cc2c(c(OC)c1)OC(C)(C)C2. The lowest BCUT2D eigenvalue weighted by Gasteiger charge is -2.19. The molecule has 0 unspecified atom stereocenters. The summed E-state index contributed by atoms with van der Waals surface area (Å²) in [5.41, 5.74) is 2.71. The van der Waals surface area contributed by atoms with Crippen molar-refractivity contribution in [2.75, 3.05) is 26.1 Å². The molecule has 1 N–H and O–H groups in total. The van der Waals surface area contributed by atoms with Gasteiger partial charge in [-0.3, -0.25) is 4.79 Å². The van der Waals surface area contributed by atoms with Crippen LogP contribution in [0, 0.1) is 0 Å². The molecule has 2 aromatic carbocycles. The first-order valence-corrected chi connectivity index (χ1v) is 9.13. The van der Waals surface area contributed by atoms with Crippen LogP contribution in [0.2, 0.25) is 0 Å². The number of amides is 1. The van der Waals surface area contributed by atoms with E-state index < -0.39 is 0 Å². The molecule has 146 valence electrons. The lowest BCUT2D eigenvalue weighted by Crippen LogP contribution is -2.24. The summed E-state index contributed by atoms with van der Waals surface area (Å²) in [6.07, 6.45) is 2.53. The standard InChI is InChI=1S/C22H23NO5/c1-22(2)12-13-9-14(10-19(26-4)20(13)28-22)23-21(24)17-7-8-27-18-11-15(25-3)5-6-16(17)18/h5-7,9-11H,8,12H2,1-4H3,(H,23,24). The van der Waals surface area contributed by atoms with Crippen molar-refractivity contribution in [2.45, 2.75) is 25.9 Å². The first-order chi connectivity index (χ1) is 13.4. The number of carbonyl (C=O) groups excluding carboxylic acids is 1. The fourth-order valence-electron chi connectivity index (χ4n) is 3.61. The normalized spacial score (nSPS) is 16.1. The minimum atomic E-state index is -0.292. The Labute approximate surface area is 164 Å². The molecule has 0 spiro atoms. The number of benzene rings is 2. The average molecular weight is 381 g/mol. The first kappa shape index (κ1) is 18.2. The molecule has 6 heteroatoms. The van der Waals surface area contributed by atoms with Crippen LogP contribution in [0.1, 0.15) is 25.0 Å². The molecule has 2 aromatic rings. The molecule has 2 aliphatic heterocycles. The van der Waals surface area contributed by atoms with E-state index in [1.54, 1.807) is 32.4 Å². The van der Waals surface area contributed by atoms with Gasteiger partial charge in [-0.15, -0.1) is 0 Å². The molecular formula is C22H23NO5. The van der Waals surface area contributed by atoms with Gasteiger partial charge in [0.15, 0.2) is 11.5 Å². The van der Waals surface area contributed by atoms with Crippen LogP contribution in [0.5, 0.6) is 23.0 Å². The second-order valence-corrected chi connectivity index (χ2v) is 7.45. The van der Waals surface area contributed by atoms with Gasteiger partial charge in [0.05, 0.1) is 14.2 Å². The van der Waals surface area contributed by atoms with E-state index in [2.05, 4.69) is 5.32 Å². The Balaban J connectivity index is 1.61. The maximum Gasteiger partial charge on any atom is 0.256 e. The minimum Gasteiger partial charge on any atom is -0.497 e. The Hall–Kier alpha value is -3.15. The molecule has 2 heterocycles. The van der Waals surface area contributed by atoms with Gasteiger partial charge < -0.3 is 24.3 Å². The van der Waals surface area contributed by atoms with Gasteiger partial charge in [-0.1, -0.05) is 0 Å². The molecule has 0 atom stereocenters. The molecule has 6 nitrogen and oxygen atoms in total. The highest BCUT2D eigenvalue weighted by atomic mass is 16.5. The summed E-state index contributed by atoms with van der Waals surface area (Å²) in [7, 11) is 3.20. The molecule has 4 rings (SSSR count). The summed E-state index contributed by atoms with van der Waals surface area (Å²) in [6.45, 7) is 4.39. The summed E-state index contributed by atoms with van der Waals surface area (Å²) in [5, 5.41) is 2.98. The maximum atomic E-state index is 13.0. The van der Waals surface area contributed by atoms with Crippen LogP contribution < -0.4 is 24.3 Å². The van der Waals surface area contributed by atoms with Gasteiger partial charge in [-0.2, -0.15) is 0 Å². The van der Waals surface area contributed by atoms with Crippen molar-refractivity contribution in [2.24, 2.45) is 0 Å². The Morgan fingerprint density at radius 3 is 2.71 bits per heavy atom. The van der Waals surface area contributed by atoms with Crippen LogP contribution in [0.15, 0.2) is 36.4 Å². The predicted octanol–water partition coefficient (Wildman–Crippen LogP) is 3.83. The Kier molecular flexibility index (Phi) is 4.41. The number of anilines is 1. The van der Waals surface area contributed by atoms with Crippen LogP contribution >= 0.6 is 0 Å². The predicted molar refractivity (Wildman–Crippen MR) is 107 cm³/mol. The molecule has 2 aliphatic rings. The van der Waals surface area contributed by atoms with Crippen molar-refractivity contribution in [3.05, 3.63) is 47.5 Å². The summed E-state index contributed by atoms with van der Waals surface area (Å²) < 4.78 is 22.3. The lowest BCUT2D eigenvalue weighted by molar-refractivity contribution is -0.111. The quantitative estimate of drug-likeness (QED) is 0.872. The third-order valence-electron chi connectivity index (χ3n) is 4.85. The molecule has 28 heavy (non-hydrogen) atoms. The van der Waals surface area contributed by atoms with Crippen molar-refractivity contribution < 1.29 is 23.7 Å². The third kappa shape index (κ3) is 3.26. The number of nitrogens with one attached hydrogen (secondary N) is 1. The van der Waals surface area contributed by atoms with Crippen molar-refractivity contribution in [3.63, 3.8) is 0 Å². The molecule has 0 fully saturated rings. The van der Waals surface area contributed by atoms with Crippen LogP contribution in [-0.2, 0) is 11.2 Å². The van der Waals surface area contributed by atoms with E-state index in [9.17, 15) is 4.79 Å². The summed E-state index contributed by atoms with van der Waals surface area (Å²) >= 11 is 0. The van der Waals surface area contributed by atoms with Gasteiger partial charge in [-0.05, 0) is 38.1 Å². The number of hydrogen-bond acceptors (Lipinski definition) is 5. The van der Waals surface area contributed by atoms with Gasteiger partial charge in [0.25, 0.3) is 5.91 Å². The van der Waals surface area contributed by atoms with Crippen LogP contribution in [-0.4, -0.2) is 32.3 Å². The molecular weight excluding hydrogens is 358 g/mol. The van der Waals surface area contributed by atoms with Gasteiger partial charge in [0.2, 0.25) is 0 Å². The topological polar surface area (TPSA) is 66.0 Å². The number of hydrogen-bond donors (Lipinski definition) is 1. The molecule has 0 bridgehead atoms. The Morgan fingerprint density at radius 1 is 1.14 bits per heavy atom. The number of rotatable bonds is 4. The highest BCUT2D eigenvalue weighted by molar-refractivity contribution is 6.26. The molecule has 0 saturated heterocycles. The summed E-state index contributed by atoms with van der Waals surface area (Å²) in [4.78, 5) is 13.0. The number of fused-ring (bicyclic) bond motifs is 2. The zero-order valence-corrected chi connectivity index (χ0v) is 16.4. The average Bonchev–Trinajstić information content (AvgIpc) is 3.00. The van der Waals surface area contributed by atoms with Gasteiger partial charge >= 0.3 is 0 Å². The van der Waals surface area contributed by atoms with Gasteiger partial charge in [0, 0.05) is 40.9 Å². The highest BCUT2D eigenvalue weighted by Gasteiger charge is 2.33. The van der Waals surface area contributed by atoms with E-state index in [1.165, 1.54) is 0 Å². The molecule has 0 saturated carbocycles. The minimum absolute atomic E-state index is 0.199. The van der Waals surface area contributed by atoms with E-state index in [1.807, 2.05) is 32.0 Å². The van der Waals surface area contributed by atoms with E-state index in [0.29, 0.717) is 35.1 Å². The van der Waals surface area contributed by atoms with E-state index in [4.69, 9.17) is 18.9 Å². The molecule has 0 radical (unpaired) electrons. The van der Waals surface area contributed by atoms with E-state index >= 15 is 0 Å². The zero-order chi connectivity index (χ0) is 19.9. The van der Waals surface area contributed by atoms with Crippen LogP contribution in [0.25, 0.3) is 5.57 Å². The second-order valence-electron chi connectivity index (χ2n) is 7.45. The smallest absolute Gasteiger partial charge is 0.256 e. The monoisotopic (exact) mass is 381 g/mol. The molecule has 0 aliphatic carbocycles. The Bertz CT molecular complexity index is 977. The summed E-state index contributed by atoms with van der Waals surface area (Å²) in [6, 6.07) is 9.16. The van der Waals surface area contributed by atoms with E-state index in [-0.39, 0.29) is 11.5 Å². The van der Waals surface area contributed by atoms with Crippen LogP contribution in [0.4, 0.5) is 5.69 Å². The van der Waals surface area contributed by atoms with Crippen molar-refractivity contribution in [1.82, 2.24) is 0 Å². The number of carbonyl (C=O) groups is 1. The van der Waals surface area contributed by atoms with Crippen molar-refractivity contribution >= 4 is 17.2 Å². The van der Waals surface area contributed by atoms with Gasteiger partial charge in [0.1, 0.15) is 23.7 Å². The lowest BCUT2D eigenvalue weighted by atomic mass is 10.00. The zero-order valence-electron chi connectivity index (χ0n) is 16.4. The molecule has 0 aromatic heterocycles. The van der Waals surface area contributed by atoms with Crippen molar-refractivity contribution in [3.8, 4) is 23.0 Å². The highest BCUT2D eigenvalue weighted by Crippen LogP contribution is 2.44. The third-order valence-corrected chi connectivity index (χ3v) is 4.85. The second kappa shape index (κ2) is 6.78. The largest absolute Gasteiger partial charge is 0.497 e. The fraction of sp³-hybridized carbons (Fsp3) is 0.318. The Morgan fingerprint density at radius 2 is 1.96 bits per heavy atom. The first-order valence-electron chi connectivity index (χ1n) is 9.13. The van der Waals surface area contributed by atoms with Crippen LogP contribution in [0.3, 0.4) is 0 Å². The van der Waals surface area contributed by atoms with E-state index in [0.717, 1.165) is 23.3 Å². The summed E-state index contributed by atoms with van der Waals surface area (Å²) in [5.74, 6) is 2.48. The molecule has 1 amide bonds. The maximum absolute atomic E-state index is 13.0. The van der Waals surface area contributed by atoms with Gasteiger partial charge in [-0.25, -0.2) is 0 Å². The number of ether oxygens (including phenoxy) is 4. The fourth-order valence-corrected chi connectivity index (χ4v) is 3.61.